The molecule has 4 N–H and O–H groups in total. The van der Waals surface area contributed by atoms with Crippen LogP contribution in [0.25, 0.3) is 0 Å². The maximum absolute atomic E-state index is 12.3. The molecule has 0 atom stereocenters. The van der Waals surface area contributed by atoms with Gasteiger partial charge in [0.15, 0.2) is 5.82 Å². The van der Waals surface area contributed by atoms with Crippen LogP contribution in [-0.4, -0.2) is 18.6 Å². The normalized spacial score (nSPS) is 11.6. The Balaban J connectivity index is 2.49. The lowest BCUT2D eigenvalue weighted by atomic mass is 10.3. The first kappa shape index (κ1) is 15.0. The molecule has 0 aliphatic rings. The van der Waals surface area contributed by atoms with Gasteiger partial charge in [-0.25, -0.2) is 8.42 Å². The van der Waals surface area contributed by atoms with Crippen molar-refractivity contribution in [3.8, 4) is 0 Å². The average Bonchev–Trinajstić information content (AvgIpc) is 2.58. The van der Waals surface area contributed by atoms with E-state index in [1.807, 2.05) is 0 Å². The molecule has 0 radical (unpaired) electrons. The Bertz CT molecular complexity index is 748. The summed E-state index contributed by atoms with van der Waals surface area (Å²) >= 11 is 11.8. The number of aromatic amines is 1. The lowest BCUT2D eigenvalue weighted by Gasteiger charge is -2.10. The number of nitrogen functional groups attached to an aromatic ring is 1. The zero-order valence-electron chi connectivity index (χ0n) is 10.7. The van der Waals surface area contributed by atoms with Gasteiger partial charge in [0, 0.05) is 16.9 Å². The number of hydrogen-bond donors (Lipinski definition) is 3. The second-order valence-electron chi connectivity index (χ2n) is 4.24. The number of aryl methyl sites for hydroxylation is 1. The summed E-state index contributed by atoms with van der Waals surface area (Å²) in [6.07, 6.45) is 0. The highest BCUT2D eigenvalue weighted by Gasteiger charge is 2.24. The van der Waals surface area contributed by atoms with Gasteiger partial charge >= 0.3 is 0 Å². The van der Waals surface area contributed by atoms with Crippen LogP contribution in [0.4, 0.5) is 11.5 Å². The zero-order chi connectivity index (χ0) is 15.1. The first-order chi connectivity index (χ1) is 9.22. The lowest BCUT2D eigenvalue weighted by Crippen LogP contribution is -2.15. The third kappa shape index (κ3) is 2.70. The number of nitrogens with zero attached hydrogens (tertiary/aromatic N) is 1. The van der Waals surface area contributed by atoms with Gasteiger partial charge in [-0.2, -0.15) is 5.10 Å². The molecular weight excluding hydrogens is 323 g/mol. The predicted octanol–water partition coefficient (Wildman–Crippen LogP) is 2.72. The molecule has 1 heterocycles. The third-order valence-corrected chi connectivity index (χ3v) is 5.03. The van der Waals surface area contributed by atoms with E-state index in [0.717, 1.165) is 5.69 Å². The van der Waals surface area contributed by atoms with E-state index in [4.69, 9.17) is 28.9 Å². The quantitative estimate of drug-likeness (QED) is 0.751. The van der Waals surface area contributed by atoms with E-state index in [0.29, 0.717) is 5.56 Å². The molecule has 0 unspecified atom stereocenters. The van der Waals surface area contributed by atoms with Crippen LogP contribution in [0.3, 0.4) is 0 Å². The van der Waals surface area contributed by atoms with Crippen molar-refractivity contribution in [3.63, 3.8) is 0 Å². The number of aromatic nitrogens is 2. The van der Waals surface area contributed by atoms with Gasteiger partial charge in [0.1, 0.15) is 4.90 Å². The summed E-state index contributed by atoms with van der Waals surface area (Å²) in [5.74, 6) is 0.200. The standard InChI is InChI=1S/C11H12Cl2N4O2S/c1-5-6(2)15-16-11(5)17-20(18,19)10-8(12)3-7(14)4-9(10)13/h3-4H,14H2,1-2H3,(H2,15,16,17). The molecule has 108 valence electrons. The number of sulfonamides is 1. The molecule has 0 saturated heterocycles. The van der Waals surface area contributed by atoms with E-state index >= 15 is 0 Å². The highest BCUT2D eigenvalue weighted by molar-refractivity contribution is 7.93. The monoisotopic (exact) mass is 334 g/mol. The fourth-order valence-electron chi connectivity index (χ4n) is 1.60. The van der Waals surface area contributed by atoms with Crippen LogP contribution in [0.15, 0.2) is 17.0 Å². The van der Waals surface area contributed by atoms with E-state index in [1.54, 1.807) is 13.8 Å². The molecule has 0 saturated carbocycles. The smallest absolute Gasteiger partial charge is 0.266 e. The summed E-state index contributed by atoms with van der Waals surface area (Å²) in [5, 5.41) is 6.47. The molecule has 20 heavy (non-hydrogen) atoms. The first-order valence-corrected chi connectivity index (χ1v) is 7.75. The van der Waals surface area contributed by atoms with Crippen molar-refractivity contribution in [1.29, 1.82) is 0 Å². The number of hydrogen-bond acceptors (Lipinski definition) is 4. The van der Waals surface area contributed by atoms with Crippen molar-refractivity contribution < 1.29 is 8.42 Å². The molecule has 0 fully saturated rings. The SMILES string of the molecule is Cc1[nH]nc(NS(=O)(=O)c2c(Cl)cc(N)cc2Cl)c1C. The van der Waals surface area contributed by atoms with Crippen molar-refractivity contribution >= 4 is 44.7 Å². The van der Waals surface area contributed by atoms with Crippen molar-refractivity contribution in [2.45, 2.75) is 18.7 Å². The Morgan fingerprint density at radius 3 is 2.25 bits per heavy atom. The number of benzene rings is 1. The van der Waals surface area contributed by atoms with Crippen molar-refractivity contribution in [2.75, 3.05) is 10.5 Å². The van der Waals surface area contributed by atoms with Gasteiger partial charge in [0.05, 0.1) is 10.0 Å². The number of H-pyrrole nitrogens is 1. The summed E-state index contributed by atoms with van der Waals surface area (Å²) < 4.78 is 27.0. The van der Waals surface area contributed by atoms with Gasteiger partial charge in [-0.05, 0) is 26.0 Å². The van der Waals surface area contributed by atoms with E-state index in [2.05, 4.69) is 14.9 Å². The Kier molecular flexibility index (Phi) is 3.86. The van der Waals surface area contributed by atoms with E-state index in [-0.39, 0.29) is 26.4 Å². The van der Waals surface area contributed by atoms with Gasteiger partial charge in [0.2, 0.25) is 0 Å². The molecule has 9 heteroatoms. The first-order valence-electron chi connectivity index (χ1n) is 5.51. The fourth-order valence-corrected chi connectivity index (χ4v) is 3.90. The van der Waals surface area contributed by atoms with Crippen LogP contribution < -0.4 is 10.5 Å². The number of anilines is 2. The van der Waals surface area contributed by atoms with E-state index in [9.17, 15) is 8.42 Å². The fraction of sp³-hybridized carbons (Fsp3) is 0.182. The van der Waals surface area contributed by atoms with Gasteiger partial charge in [-0.1, -0.05) is 23.2 Å². The van der Waals surface area contributed by atoms with E-state index in [1.165, 1.54) is 12.1 Å². The molecule has 0 bridgehead atoms. The van der Waals surface area contributed by atoms with Crippen LogP contribution in [-0.2, 0) is 10.0 Å². The molecule has 2 rings (SSSR count). The van der Waals surface area contributed by atoms with Crippen LogP contribution in [0.1, 0.15) is 11.3 Å². The van der Waals surface area contributed by atoms with Crippen molar-refractivity contribution in [3.05, 3.63) is 33.4 Å². The molecule has 0 aliphatic carbocycles. The molecule has 0 amide bonds. The second kappa shape index (κ2) is 5.16. The molecular formula is C11H12Cl2N4O2S. The van der Waals surface area contributed by atoms with Gasteiger partial charge in [-0.15, -0.1) is 0 Å². The summed E-state index contributed by atoms with van der Waals surface area (Å²) in [5.41, 5.74) is 7.29. The largest absolute Gasteiger partial charge is 0.399 e. The number of halogens is 2. The maximum atomic E-state index is 12.3. The van der Waals surface area contributed by atoms with Crippen LogP contribution >= 0.6 is 23.2 Å². The van der Waals surface area contributed by atoms with Crippen molar-refractivity contribution in [1.82, 2.24) is 10.2 Å². The van der Waals surface area contributed by atoms with Gasteiger partial charge in [-0.3, -0.25) is 9.82 Å². The minimum atomic E-state index is -3.95. The minimum Gasteiger partial charge on any atom is -0.399 e. The number of nitrogens with one attached hydrogen (secondary N) is 2. The molecule has 2 aromatic rings. The van der Waals surface area contributed by atoms with Crippen LogP contribution in [0.2, 0.25) is 10.0 Å². The van der Waals surface area contributed by atoms with Crippen LogP contribution in [0, 0.1) is 13.8 Å². The molecule has 1 aromatic heterocycles. The molecule has 6 nitrogen and oxygen atoms in total. The summed E-state index contributed by atoms with van der Waals surface area (Å²) in [4.78, 5) is -0.227. The average molecular weight is 335 g/mol. The van der Waals surface area contributed by atoms with E-state index < -0.39 is 10.0 Å². The van der Waals surface area contributed by atoms with Crippen LogP contribution in [0.5, 0.6) is 0 Å². The zero-order valence-corrected chi connectivity index (χ0v) is 13.0. The minimum absolute atomic E-state index is 0.0487. The lowest BCUT2D eigenvalue weighted by molar-refractivity contribution is 0.601. The second-order valence-corrected chi connectivity index (χ2v) is 6.68. The number of nitrogens with two attached hydrogens (primary N) is 1. The Hall–Kier alpha value is -1.44. The topological polar surface area (TPSA) is 101 Å². The predicted molar refractivity (Wildman–Crippen MR) is 79.7 cm³/mol. The van der Waals surface area contributed by atoms with Gasteiger partial charge in [0.25, 0.3) is 10.0 Å². The molecule has 0 spiro atoms. The summed E-state index contributed by atoms with van der Waals surface area (Å²) in [7, 11) is -3.95. The third-order valence-electron chi connectivity index (χ3n) is 2.77. The Morgan fingerprint density at radius 1 is 1.25 bits per heavy atom. The highest BCUT2D eigenvalue weighted by atomic mass is 35.5. The van der Waals surface area contributed by atoms with Gasteiger partial charge < -0.3 is 5.73 Å². The van der Waals surface area contributed by atoms with Crippen molar-refractivity contribution in [2.24, 2.45) is 0 Å². The Morgan fingerprint density at radius 2 is 1.80 bits per heavy atom. The Labute approximate surface area is 126 Å². The number of rotatable bonds is 3. The summed E-state index contributed by atoms with van der Waals surface area (Å²) in [6.45, 7) is 3.52. The highest BCUT2D eigenvalue weighted by Crippen LogP contribution is 2.33. The molecule has 1 aromatic carbocycles. The maximum Gasteiger partial charge on any atom is 0.266 e. The summed E-state index contributed by atoms with van der Waals surface area (Å²) in [6, 6.07) is 2.65. The molecule has 0 aliphatic heterocycles.